The van der Waals surface area contributed by atoms with E-state index in [1.54, 1.807) is 0 Å². The first-order chi connectivity index (χ1) is 6.05. The van der Waals surface area contributed by atoms with Gasteiger partial charge in [-0.25, -0.2) is 0 Å². The Labute approximate surface area is 81.0 Å². The zero-order valence-corrected chi connectivity index (χ0v) is 8.81. The van der Waals surface area contributed by atoms with Crippen molar-refractivity contribution in [2.45, 2.75) is 33.1 Å². The Morgan fingerprint density at radius 1 is 1.08 bits per heavy atom. The predicted octanol–water partition coefficient (Wildman–Crippen LogP) is 3.36. The number of hydrogen-bond donors (Lipinski definition) is 0. The summed E-state index contributed by atoms with van der Waals surface area (Å²) in [5.74, 6) is 6.08. The molecule has 0 nitrogen and oxygen atoms in total. The normalized spacial score (nSPS) is 10.5. The SMILES string of the molecule is CC#Cc1ccccc1C(C)(C)C. The molecule has 0 saturated heterocycles. The molecule has 0 atom stereocenters. The second-order valence-electron chi connectivity index (χ2n) is 4.17. The minimum Gasteiger partial charge on any atom is -0.101 e. The highest BCUT2D eigenvalue weighted by Gasteiger charge is 2.15. The van der Waals surface area contributed by atoms with Crippen LogP contribution in [0.15, 0.2) is 24.3 Å². The molecule has 0 aliphatic heterocycles. The van der Waals surface area contributed by atoms with Crippen LogP contribution < -0.4 is 0 Å². The largest absolute Gasteiger partial charge is 0.101 e. The lowest BCUT2D eigenvalue weighted by Gasteiger charge is -2.20. The lowest BCUT2D eigenvalue weighted by molar-refractivity contribution is 0.589. The zero-order chi connectivity index (χ0) is 9.90. The molecule has 0 fully saturated rings. The topological polar surface area (TPSA) is 0 Å². The summed E-state index contributed by atoms with van der Waals surface area (Å²) in [4.78, 5) is 0. The lowest BCUT2D eigenvalue weighted by atomic mass is 9.84. The Morgan fingerprint density at radius 2 is 1.69 bits per heavy atom. The van der Waals surface area contributed by atoms with Gasteiger partial charge in [-0.2, -0.15) is 0 Å². The Balaban J connectivity index is 3.25. The maximum Gasteiger partial charge on any atom is 0.0282 e. The van der Waals surface area contributed by atoms with E-state index in [0.29, 0.717) is 0 Å². The van der Waals surface area contributed by atoms with E-state index in [1.807, 2.05) is 13.0 Å². The standard InChI is InChI=1S/C13H16/c1-5-8-11-9-6-7-10-12(11)13(2,3)4/h6-7,9-10H,1-4H3. The molecule has 68 valence electrons. The van der Waals surface area contributed by atoms with Crippen molar-refractivity contribution in [1.29, 1.82) is 0 Å². The molecule has 0 unspecified atom stereocenters. The highest BCUT2D eigenvalue weighted by Crippen LogP contribution is 2.24. The number of hydrogen-bond acceptors (Lipinski definition) is 0. The maximum absolute atomic E-state index is 3.13. The predicted molar refractivity (Wildman–Crippen MR) is 57.7 cm³/mol. The Bertz CT molecular complexity index is 342. The third-order valence-corrected chi connectivity index (χ3v) is 1.99. The quantitative estimate of drug-likeness (QED) is 0.526. The molecule has 0 N–H and O–H groups in total. The van der Waals surface area contributed by atoms with E-state index in [2.05, 4.69) is 50.8 Å². The van der Waals surface area contributed by atoms with Gasteiger partial charge in [0.2, 0.25) is 0 Å². The molecule has 0 heterocycles. The first-order valence-electron chi connectivity index (χ1n) is 4.58. The monoisotopic (exact) mass is 172 g/mol. The van der Waals surface area contributed by atoms with Crippen LogP contribution in [0.1, 0.15) is 38.8 Å². The van der Waals surface area contributed by atoms with E-state index in [1.165, 1.54) is 5.56 Å². The fourth-order valence-corrected chi connectivity index (χ4v) is 1.38. The average Bonchev–Trinajstić information content (AvgIpc) is 2.04. The van der Waals surface area contributed by atoms with Crippen LogP contribution in [-0.4, -0.2) is 0 Å². The van der Waals surface area contributed by atoms with Crippen LogP contribution >= 0.6 is 0 Å². The molecule has 0 radical (unpaired) electrons. The summed E-state index contributed by atoms with van der Waals surface area (Å²) in [6, 6.07) is 8.34. The minimum atomic E-state index is 0.181. The lowest BCUT2D eigenvalue weighted by Crippen LogP contribution is -2.12. The van der Waals surface area contributed by atoms with Crippen molar-refractivity contribution in [2.24, 2.45) is 0 Å². The molecule has 0 amide bonds. The van der Waals surface area contributed by atoms with Gasteiger partial charge in [-0.15, -0.1) is 5.92 Å². The molecule has 0 aliphatic carbocycles. The second kappa shape index (κ2) is 3.66. The van der Waals surface area contributed by atoms with E-state index in [0.717, 1.165) is 5.56 Å². The van der Waals surface area contributed by atoms with Gasteiger partial charge in [-0.05, 0) is 24.0 Å². The van der Waals surface area contributed by atoms with Gasteiger partial charge in [0.05, 0.1) is 0 Å². The van der Waals surface area contributed by atoms with Gasteiger partial charge in [-0.1, -0.05) is 44.9 Å². The summed E-state index contributed by atoms with van der Waals surface area (Å²) in [6.45, 7) is 8.51. The van der Waals surface area contributed by atoms with E-state index in [-0.39, 0.29) is 5.41 Å². The smallest absolute Gasteiger partial charge is 0.0282 e. The summed E-state index contributed by atoms with van der Waals surface area (Å²) < 4.78 is 0. The molecule has 1 rings (SSSR count). The second-order valence-corrected chi connectivity index (χ2v) is 4.17. The van der Waals surface area contributed by atoms with Crippen molar-refractivity contribution in [3.05, 3.63) is 35.4 Å². The Hall–Kier alpha value is -1.22. The molecule has 0 aromatic heterocycles. The summed E-state index contributed by atoms with van der Waals surface area (Å²) >= 11 is 0. The molecular weight excluding hydrogens is 156 g/mol. The van der Waals surface area contributed by atoms with Gasteiger partial charge < -0.3 is 0 Å². The summed E-state index contributed by atoms with van der Waals surface area (Å²) in [7, 11) is 0. The van der Waals surface area contributed by atoms with Crippen molar-refractivity contribution in [3.8, 4) is 11.8 Å². The Morgan fingerprint density at radius 3 is 2.23 bits per heavy atom. The first-order valence-corrected chi connectivity index (χ1v) is 4.58. The van der Waals surface area contributed by atoms with Crippen molar-refractivity contribution in [2.75, 3.05) is 0 Å². The summed E-state index contributed by atoms with van der Waals surface area (Å²) in [5.41, 5.74) is 2.65. The van der Waals surface area contributed by atoms with Crippen LogP contribution in [0.2, 0.25) is 0 Å². The van der Waals surface area contributed by atoms with Gasteiger partial charge >= 0.3 is 0 Å². The van der Waals surface area contributed by atoms with E-state index >= 15 is 0 Å². The maximum atomic E-state index is 3.13. The van der Waals surface area contributed by atoms with E-state index in [9.17, 15) is 0 Å². The summed E-state index contributed by atoms with van der Waals surface area (Å²) in [6.07, 6.45) is 0. The molecule has 0 saturated carbocycles. The van der Waals surface area contributed by atoms with Crippen LogP contribution in [-0.2, 0) is 5.41 Å². The van der Waals surface area contributed by atoms with E-state index in [4.69, 9.17) is 0 Å². The van der Waals surface area contributed by atoms with Gasteiger partial charge in [0.1, 0.15) is 0 Å². The number of benzene rings is 1. The highest BCUT2D eigenvalue weighted by molar-refractivity contribution is 5.44. The van der Waals surface area contributed by atoms with Crippen LogP contribution in [0, 0.1) is 11.8 Å². The fourth-order valence-electron chi connectivity index (χ4n) is 1.38. The van der Waals surface area contributed by atoms with Crippen LogP contribution in [0.3, 0.4) is 0 Å². The van der Waals surface area contributed by atoms with E-state index < -0.39 is 0 Å². The molecule has 1 aromatic rings. The molecule has 0 aliphatic rings. The van der Waals surface area contributed by atoms with Gasteiger partial charge in [0.25, 0.3) is 0 Å². The Kier molecular flexibility index (Phi) is 2.78. The van der Waals surface area contributed by atoms with Crippen molar-refractivity contribution in [1.82, 2.24) is 0 Å². The minimum absolute atomic E-state index is 0.181. The van der Waals surface area contributed by atoms with Crippen molar-refractivity contribution >= 4 is 0 Å². The summed E-state index contributed by atoms with van der Waals surface area (Å²) in [5, 5.41) is 0. The third-order valence-electron chi connectivity index (χ3n) is 1.99. The number of rotatable bonds is 0. The molecule has 0 heteroatoms. The first kappa shape index (κ1) is 9.86. The van der Waals surface area contributed by atoms with Crippen molar-refractivity contribution in [3.63, 3.8) is 0 Å². The molecule has 0 spiro atoms. The van der Waals surface area contributed by atoms with Crippen LogP contribution in [0.4, 0.5) is 0 Å². The van der Waals surface area contributed by atoms with Crippen LogP contribution in [0.25, 0.3) is 0 Å². The molecule has 1 aromatic carbocycles. The fraction of sp³-hybridized carbons (Fsp3) is 0.385. The molecular formula is C13H16. The zero-order valence-electron chi connectivity index (χ0n) is 8.81. The van der Waals surface area contributed by atoms with Gasteiger partial charge in [0, 0.05) is 5.56 Å². The molecule has 0 bridgehead atoms. The van der Waals surface area contributed by atoms with Gasteiger partial charge in [-0.3, -0.25) is 0 Å². The average molecular weight is 172 g/mol. The third kappa shape index (κ3) is 2.36. The highest BCUT2D eigenvalue weighted by atomic mass is 14.2. The van der Waals surface area contributed by atoms with Crippen molar-refractivity contribution < 1.29 is 0 Å². The molecule has 13 heavy (non-hydrogen) atoms. The van der Waals surface area contributed by atoms with Gasteiger partial charge in [0.15, 0.2) is 0 Å². The van der Waals surface area contributed by atoms with Crippen LogP contribution in [0.5, 0.6) is 0 Å².